The molecule has 0 aliphatic heterocycles. The smallest absolute Gasteiger partial charge is 0.236 e. The summed E-state index contributed by atoms with van der Waals surface area (Å²) in [6.45, 7) is 0. The van der Waals surface area contributed by atoms with E-state index in [9.17, 15) is 4.79 Å². The van der Waals surface area contributed by atoms with E-state index in [4.69, 9.17) is 9.47 Å². The molecule has 0 spiro atoms. The second kappa shape index (κ2) is 9.25. The van der Waals surface area contributed by atoms with Gasteiger partial charge in [0, 0.05) is 11.1 Å². The van der Waals surface area contributed by atoms with E-state index in [-0.39, 0.29) is 5.78 Å². The molecule has 138 valence electrons. The number of ether oxygens (including phenoxy) is 2. The van der Waals surface area contributed by atoms with Crippen LogP contribution in [0.2, 0.25) is 0 Å². The fraction of sp³-hybridized carbons (Fsp3) is 0.0800. The molecule has 0 fully saturated rings. The summed E-state index contributed by atoms with van der Waals surface area (Å²) in [7, 11) is 3.23. The Balaban J connectivity index is 1.98. The lowest BCUT2D eigenvalue weighted by Crippen LogP contribution is -1.99. The van der Waals surface area contributed by atoms with Gasteiger partial charge >= 0.3 is 0 Å². The summed E-state index contributed by atoms with van der Waals surface area (Å²) in [5.41, 5.74) is 3.00. The van der Waals surface area contributed by atoms with E-state index in [2.05, 4.69) is 11.8 Å². The molecule has 0 saturated heterocycles. The molecule has 3 aromatic rings. The standard InChI is InChI=1S/C25H20O3/c1-27-22-13-8-20(9-14-22)18-24(21-11-15-23(28-2)16-12-21)25(26)17-10-19-6-4-3-5-7-19/h3-9,11-16,18H,1-2H3/b24-18+. The Morgan fingerprint density at radius 3 is 1.93 bits per heavy atom. The van der Waals surface area contributed by atoms with Crippen molar-refractivity contribution in [3.8, 4) is 23.3 Å². The van der Waals surface area contributed by atoms with E-state index in [1.165, 1.54) is 0 Å². The van der Waals surface area contributed by atoms with Gasteiger partial charge in [0.15, 0.2) is 0 Å². The summed E-state index contributed by atoms with van der Waals surface area (Å²) < 4.78 is 10.4. The average molecular weight is 368 g/mol. The highest BCUT2D eigenvalue weighted by molar-refractivity contribution is 6.32. The van der Waals surface area contributed by atoms with Gasteiger partial charge in [0.1, 0.15) is 11.5 Å². The van der Waals surface area contributed by atoms with E-state index in [1.807, 2.05) is 84.9 Å². The number of allylic oxidation sites excluding steroid dienone is 1. The lowest BCUT2D eigenvalue weighted by Gasteiger charge is -2.06. The zero-order valence-corrected chi connectivity index (χ0v) is 15.8. The van der Waals surface area contributed by atoms with Crippen LogP contribution in [0.15, 0.2) is 78.9 Å². The van der Waals surface area contributed by atoms with E-state index in [1.54, 1.807) is 14.2 Å². The normalized spacial score (nSPS) is 10.6. The van der Waals surface area contributed by atoms with Gasteiger partial charge in [0.25, 0.3) is 0 Å². The predicted molar refractivity (Wildman–Crippen MR) is 112 cm³/mol. The Kier molecular flexibility index (Phi) is 6.28. The molecule has 3 nitrogen and oxygen atoms in total. The monoisotopic (exact) mass is 368 g/mol. The topological polar surface area (TPSA) is 35.5 Å². The summed E-state index contributed by atoms with van der Waals surface area (Å²) in [5.74, 6) is 6.94. The first kappa shape index (κ1) is 19.0. The molecule has 0 aliphatic rings. The number of carbonyl (C=O) groups is 1. The first-order valence-electron chi connectivity index (χ1n) is 8.81. The lowest BCUT2D eigenvalue weighted by molar-refractivity contribution is -0.108. The first-order valence-corrected chi connectivity index (χ1v) is 8.81. The Morgan fingerprint density at radius 1 is 0.786 bits per heavy atom. The van der Waals surface area contributed by atoms with Gasteiger partial charge in [-0.25, -0.2) is 0 Å². The van der Waals surface area contributed by atoms with Crippen LogP contribution in [0.3, 0.4) is 0 Å². The van der Waals surface area contributed by atoms with Gasteiger partial charge in [0.05, 0.1) is 14.2 Å². The highest BCUT2D eigenvalue weighted by Crippen LogP contribution is 2.23. The number of rotatable bonds is 5. The van der Waals surface area contributed by atoms with Crippen LogP contribution >= 0.6 is 0 Å². The van der Waals surface area contributed by atoms with E-state index >= 15 is 0 Å². The molecule has 0 N–H and O–H groups in total. The molecule has 3 rings (SSSR count). The Hall–Kier alpha value is -3.77. The zero-order valence-electron chi connectivity index (χ0n) is 15.8. The van der Waals surface area contributed by atoms with Crippen molar-refractivity contribution in [3.05, 3.63) is 95.6 Å². The fourth-order valence-electron chi connectivity index (χ4n) is 2.64. The molecule has 0 saturated carbocycles. The van der Waals surface area contributed by atoms with Gasteiger partial charge in [-0.15, -0.1) is 0 Å². The third-order valence-electron chi connectivity index (χ3n) is 4.17. The number of methoxy groups -OCH3 is 2. The van der Waals surface area contributed by atoms with Crippen molar-refractivity contribution in [2.24, 2.45) is 0 Å². The minimum atomic E-state index is -0.246. The molecule has 0 unspecified atom stereocenters. The number of carbonyl (C=O) groups excluding carboxylic acids is 1. The van der Waals surface area contributed by atoms with E-state index in [0.717, 1.165) is 28.2 Å². The molecule has 0 aromatic heterocycles. The second-order valence-electron chi connectivity index (χ2n) is 6.00. The van der Waals surface area contributed by atoms with Crippen molar-refractivity contribution in [2.75, 3.05) is 14.2 Å². The van der Waals surface area contributed by atoms with E-state index < -0.39 is 0 Å². The predicted octanol–water partition coefficient (Wildman–Crippen LogP) is 4.87. The summed E-state index contributed by atoms with van der Waals surface area (Å²) in [4.78, 5) is 12.9. The number of hydrogen-bond donors (Lipinski definition) is 0. The van der Waals surface area contributed by atoms with Crippen molar-refractivity contribution in [1.29, 1.82) is 0 Å². The average Bonchev–Trinajstić information content (AvgIpc) is 2.77. The Bertz CT molecular complexity index is 1020. The molecule has 28 heavy (non-hydrogen) atoms. The Morgan fingerprint density at radius 2 is 1.36 bits per heavy atom. The highest BCUT2D eigenvalue weighted by Gasteiger charge is 2.11. The summed E-state index contributed by atoms with van der Waals surface area (Å²) in [6, 6.07) is 24.4. The van der Waals surface area contributed by atoms with Crippen LogP contribution in [-0.4, -0.2) is 20.0 Å². The SMILES string of the molecule is COc1ccc(/C=C(/C(=O)C#Cc2ccccc2)c2ccc(OC)cc2)cc1. The maximum Gasteiger partial charge on any atom is 0.236 e. The van der Waals surface area contributed by atoms with Gasteiger partial charge in [-0.2, -0.15) is 0 Å². The van der Waals surface area contributed by atoms with Crippen LogP contribution in [0.4, 0.5) is 0 Å². The largest absolute Gasteiger partial charge is 0.497 e. The molecule has 0 amide bonds. The van der Waals surface area contributed by atoms with Crippen LogP contribution in [0, 0.1) is 11.8 Å². The molecule has 3 aromatic carbocycles. The van der Waals surface area contributed by atoms with Gasteiger partial charge < -0.3 is 9.47 Å². The van der Waals surface area contributed by atoms with Crippen molar-refractivity contribution >= 4 is 17.4 Å². The first-order chi connectivity index (χ1) is 13.7. The van der Waals surface area contributed by atoms with Crippen molar-refractivity contribution in [2.45, 2.75) is 0 Å². The minimum absolute atomic E-state index is 0.246. The molecule has 0 atom stereocenters. The van der Waals surface area contributed by atoms with Gasteiger partial charge in [-0.1, -0.05) is 48.4 Å². The number of Topliss-reactive ketones (excluding diaryl/α,β-unsaturated/α-hetero) is 1. The van der Waals surface area contributed by atoms with Gasteiger partial charge in [0.2, 0.25) is 5.78 Å². The Labute approximate surface area is 165 Å². The number of benzene rings is 3. The third-order valence-corrected chi connectivity index (χ3v) is 4.17. The number of ketones is 1. The quantitative estimate of drug-likeness (QED) is 0.366. The molecule has 0 radical (unpaired) electrons. The lowest BCUT2D eigenvalue weighted by atomic mass is 9.98. The number of hydrogen-bond acceptors (Lipinski definition) is 3. The summed E-state index contributed by atoms with van der Waals surface area (Å²) >= 11 is 0. The van der Waals surface area contributed by atoms with Crippen molar-refractivity contribution < 1.29 is 14.3 Å². The second-order valence-corrected chi connectivity index (χ2v) is 6.00. The van der Waals surface area contributed by atoms with Crippen LogP contribution in [-0.2, 0) is 4.79 Å². The molecule has 0 heterocycles. The third kappa shape index (κ3) is 4.90. The van der Waals surface area contributed by atoms with Crippen LogP contribution in [0.1, 0.15) is 16.7 Å². The molecular weight excluding hydrogens is 348 g/mol. The van der Waals surface area contributed by atoms with Crippen molar-refractivity contribution in [1.82, 2.24) is 0 Å². The maximum atomic E-state index is 12.9. The molecule has 0 aliphatic carbocycles. The van der Waals surface area contributed by atoms with Crippen LogP contribution in [0.25, 0.3) is 11.6 Å². The minimum Gasteiger partial charge on any atom is -0.497 e. The molecule has 3 heteroatoms. The molecule has 0 bridgehead atoms. The maximum absolute atomic E-state index is 12.9. The highest BCUT2D eigenvalue weighted by atomic mass is 16.5. The fourth-order valence-corrected chi connectivity index (χ4v) is 2.64. The van der Waals surface area contributed by atoms with Gasteiger partial charge in [-0.05, 0) is 59.5 Å². The zero-order chi connectivity index (χ0) is 19.8. The summed E-state index contributed by atoms with van der Waals surface area (Å²) in [6.07, 6.45) is 1.84. The summed E-state index contributed by atoms with van der Waals surface area (Å²) in [5, 5.41) is 0. The van der Waals surface area contributed by atoms with Crippen LogP contribution in [0.5, 0.6) is 11.5 Å². The molecular formula is C25H20O3. The van der Waals surface area contributed by atoms with Crippen molar-refractivity contribution in [3.63, 3.8) is 0 Å². The van der Waals surface area contributed by atoms with Gasteiger partial charge in [-0.3, -0.25) is 4.79 Å². The van der Waals surface area contributed by atoms with Crippen LogP contribution < -0.4 is 9.47 Å². The van der Waals surface area contributed by atoms with E-state index in [0.29, 0.717) is 5.57 Å².